The molecule has 5 nitrogen and oxygen atoms in total. The van der Waals surface area contributed by atoms with Crippen LogP contribution in [0, 0.1) is 19.7 Å². The summed E-state index contributed by atoms with van der Waals surface area (Å²) in [6.07, 6.45) is 0.287. The van der Waals surface area contributed by atoms with Crippen molar-refractivity contribution in [2.45, 2.75) is 26.7 Å². The van der Waals surface area contributed by atoms with Gasteiger partial charge in [0, 0.05) is 17.5 Å². The summed E-state index contributed by atoms with van der Waals surface area (Å²) >= 11 is 0. The van der Waals surface area contributed by atoms with Gasteiger partial charge in [0.2, 0.25) is 5.91 Å². The van der Waals surface area contributed by atoms with Crippen molar-refractivity contribution in [1.29, 1.82) is 0 Å². The number of nitrogens with one attached hydrogen (secondary N) is 1. The summed E-state index contributed by atoms with van der Waals surface area (Å²) < 4.78 is 24.4. The Kier molecular flexibility index (Phi) is 5.78. The number of aryl methyl sites for hydroxylation is 2. The lowest BCUT2D eigenvalue weighted by Crippen LogP contribution is -2.29. The van der Waals surface area contributed by atoms with Crippen molar-refractivity contribution in [3.05, 3.63) is 74.9 Å². The van der Waals surface area contributed by atoms with Crippen molar-refractivity contribution in [1.82, 2.24) is 5.32 Å². The fraction of sp³-hybridized carbons (Fsp3) is 0.273. The third-order valence-corrected chi connectivity index (χ3v) is 4.89. The molecule has 0 aliphatic carbocycles. The minimum atomic E-state index is -0.536. The van der Waals surface area contributed by atoms with E-state index in [2.05, 4.69) is 5.32 Å². The predicted octanol–water partition coefficient (Wildman–Crippen LogP) is 3.46. The third kappa shape index (κ3) is 3.91. The van der Waals surface area contributed by atoms with Crippen LogP contribution in [0.25, 0.3) is 11.0 Å². The van der Waals surface area contributed by atoms with Gasteiger partial charge in [-0.1, -0.05) is 18.2 Å². The van der Waals surface area contributed by atoms with Gasteiger partial charge in [0.15, 0.2) is 0 Å². The molecule has 0 saturated heterocycles. The Morgan fingerprint density at radius 2 is 1.89 bits per heavy atom. The molecule has 0 radical (unpaired) electrons. The summed E-state index contributed by atoms with van der Waals surface area (Å²) in [4.78, 5) is 24.7. The maximum atomic E-state index is 13.6. The fourth-order valence-corrected chi connectivity index (χ4v) is 3.26. The van der Waals surface area contributed by atoms with E-state index in [9.17, 15) is 14.0 Å². The van der Waals surface area contributed by atoms with E-state index in [0.29, 0.717) is 34.4 Å². The first-order chi connectivity index (χ1) is 13.4. The number of benzene rings is 2. The second-order valence-electron chi connectivity index (χ2n) is 6.63. The third-order valence-electron chi connectivity index (χ3n) is 4.89. The van der Waals surface area contributed by atoms with Gasteiger partial charge in [0.05, 0.1) is 19.1 Å². The highest BCUT2D eigenvalue weighted by molar-refractivity contribution is 5.87. The monoisotopic (exact) mass is 383 g/mol. The second-order valence-corrected chi connectivity index (χ2v) is 6.63. The summed E-state index contributed by atoms with van der Waals surface area (Å²) in [7, 11) is 1.55. The molecule has 0 unspecified atom stereocenters. The van der Waals surface area contributed by atoms with E-state index >= 15 is 0 Å². The number of rotatable bonds is 6. The molecule has 3 aromatic rings. The molecule has 0 spiro atoms. The number of fused-ring (bicyclic) bond motifs is 1. The number of carbonyl (C=O) groups excluding carboxylic acids is 1. The Bertz CT molecular complexity index is 1090. The molecule has 0 fully saturated rings. The maximum Gasteiger partial charge on any atom is 0.340 e. The zero-order valence-corrected chi connectivity index (χ0v) is 16.1. The molecule has 0 atom stereocenters. The van der Waals surface area contributed by atoms with Crippen molar-refractivity contribution < 1.29 is 18.3 Å². The van der Waals surface area contributed by atoms with E-state index in [-0.39, 0.29) is 24.7 Å². The van der Waals surface area contributed by atoms with E-state index < -0.39 is 5.63 Å². The van der Waals surface area contributed by atoms with Crippen molar-refractivity contribution in [3.63, 3.8) is 0 Å². The SMILES string of the molecule is COc1ccc2c(C)c(CC(=O)NCCc3ccccc3F)c(=O)oc2c1C. The van der Waals surface area contributed by atoms with Crippen LogP contribution in [0.1, 0.15) is 22.3 Å². The Labute approximate surface area is 162 Å². The van der Waals surface area contributed by atoms with Crippen molar-refractivity contribution in [2.75, 3.05) is 13.7 Å². The minimum absolute atomic E-state index is 0.0908. The first kappa shape index (κ1) is 19.6. The van der Waals surface area contributed by atoms with Gasteiger partial charge in [-0.15, -0.1) is 0 Å². The first-order valence-electron chi connectivity index (χ1n) is 9.02. The number of amides is 1. The summed E-state index contributed by atoms with van der Waals surface area (Å²) in [5, 5.41) is 3.50. The summed E-state index contributed by atoms with van der Waals surface area (Å²) in [6, 6.07) is 10.1. The topological polar surface area (TPSA) is 68.5 Å². The van der Waals surface area contributed by atoms with Crippen LogP contribution >= 0.6 is 0 Å². The van der Waals surface area contributed by atoms with Crippen LogP contribution in [-0.2, 0) is 17.6 Å². The normalized spacial score (nSPS) is 10.9. The second kappa shape index (κ2) is 8.25. The van der Waals surface area contributed by atoms with Gasteiger partial charge < -0.3 is 14.5 Å². The number of hydrogen-bond acceptors (Lipinski definition) is 4. The highest BCUT2D eigenvalue weighted by Gasteiger charge is 2.17. The molecule has 0 saturated carbocycles. The van der Waals surface area contributed by atoms with Crippen molar-refractivity contribution in [2.24, 2.45) is 0 Å². The van der Waals surface area contributed by atoms with Crippen LogP contribution in [0.4, 0.5) is 4.39 Å². The number of ether oxygens (including phenoxy) is 1. The lowest BCUT2D eigenvalue weighted by atomic mass is 10.0. The van der Waals surface area contributed by atoms with E-state index in [1.165, 1.54) is 6.07 Å². The largest absolute Gasteiger partial charge is 0.496 e. The van der Waals surface area contributed by atoms with Crippen LogP contribution in [-0.4, -0.2) is 19.6 Å². The quantitative estimate of drug-likeness (QED) is 0.662. The average molecular weight is 383 g/mol. The molecule has 0 aliphatic rings. The molecule has 6 heteroatoms. The van der Waals surface area contributed by atoms with Crippen LogP contribution in [0.2, 0.25) is 0 Å². The number of halogens is 1. The van der Waals surface area contributed by atoms with Crippen LogP contribution in [0.15, 0.2) is 45.6 Å². The molecule has 3 rings (SSSR count). The molecule has 146 valence electrons. The summed E-state index contributed by atoms with van der Waals surface area (Å²) in [6.45, 7) is 3.90. The van der Waals surface area contributed by atoms with Gasteiger partial charge in [-0.25, -0.2) is 9.18 Å². The standard InChI is InChI=1S/C22H22FNO4/c1-13-16-8-9-19(27-3)14(2)21(16)28-22(26)17(13)12-20(25)24-11-10-15-6-4-5-7-18(15)23/h4-9H,10-12H2,1-3H3,(H,24,25). The molecule has 1 heterocycles. The lowest BCUT2D eigenvalue weighted by Gasteiger charge is -2.12. The summed E-state index contributed by atoms with van der Waals surface area (Å²) in [5.41, 5.74) is 2.23. The van der Waals surface area contributed by atoms with Crippen LogP contribution in [0.3, 0.4) is 0 Å². The molecule has 1 amide bonds. The van der Waals surface area contributed by atoms with Gasteiger partial charge in [0.25, 0.3) is 0 Å². The first-order valence-corrected chi connectivity index (χ1v) is 9.02. The minimum Gasteiger partial charge on any atom is -0.496 e. The Hall–Kier alpha value is -3.15. The smallest absolute Gasteiger partial charge is 0.340 e. The molecule has 0 bridgehead atoms. The molecule has 28 heavy (non-hydrogen) atoms. The molecule has 0 aliphatic heterocycles. The summed E-state index contributed by atoms with van der Waals surface area (Å²) in [5.74, 6) is 0.0265. The Balaban J connectivity index is 1.75. The van der Waals surface area contributed by atoms with Crippen molar-refractivity contribution >= 4 is 16.9 Å². The average Bonchev–Trinajstić information content (AvgIpc) is 2.67. The van der Waals surface area contributed by atoms with Gasteiger partial charge in [-0.05, 0) is 49.6 Å². The Morgan fingerprint density at radius 3 is 2.61 bits per heavy atom. The molecule has 1 N–H and O–H groups in total. The van der Waals surface area contributed by atoms with E-state index in [0.717, 1.165) is 10.9 Å². The molecular weight excluding hydrogens is 361 g/mol. The molecule has 2 aromatic carbocycles. The predicted molar refractivity (Wildman–Crippen MR) is 105 cm³/mol. The van der Waals surface area contributed by atoms with E-state index in [1.807, 2.05) is 19.1 Å². The molecular formula is C22H22FNO4. The van der Waals surface area contributed by atoms with Crippen LogP contribution in [0.5, 0.6) is 5.75 Å². The highest BCUT2D eigenvalue weighted by Crippen LogP contribution is 2.29. The van der Waals surface area contributed by atoms with Gasteiger partial charge in [0.1, 0.15) is 17.1 Å². The fourth-order valence-electron chi connectivity index (χ4n) is 3.26. The lowest BCUT2D eigenvalue weighted by molar-refractivity contribution is -0.120. The van der Waals surface area contributed by atoms with Crippen molar-refractivity contribution in [3.8, 4) is 5.75 Å². The van der Waals surface area contributed by atoms with Gasteiger partial charge >= 0.3 is 5.63 Å². The van der Waals surface area contributed by atoms with Gasteiger partial charge in [-0.2, -0.15) is 0 Å². The van der Waals surface area contributed by atoms with E-state index in [4.69, 9.17) is 9.15 Å². The zero-order chi connectivity index (χ0) is 20.3. The Morgan fingerprint density at radius 1 is 1.14 bits per heavy atom. The zero-order valence-electron chi connectivity index (χ0n) is 16.1. The molecule has 1 aromatic heterocycles. The van der Waals surface area contributed by atoms with Gasteiger partial charge in [-0.3, -0.25) is 4.79 Å². The number of methoxy groups -OCH3 is 1. The number of carbonyl (C=O) groups is 1. The van der Waals surface area contributed by atoms with E-state index in [1.54, 1.807) is 32.2 Å². The maximum absolute atomic E-state index is 13.6. The number of hydrogen-bond donors (Lipinski definition) is 1. The highest BCUT2D eigenvalue weighted by atomic mass is 19.1. The van der Waals surface area contributed by atoms with Crippen LogP contribution < -0.4 is 15.7 Å².